The molecule has 0 aliphatic carbocycles. The van der Waals surface area contributed by atoms with Gasteiger partial charge in [-0.2, -0.15) is 0 Å². The van der Waals surface area contributed by atoms with Crippen LogP contribution in [0.4, 0.5) is 4.39 Å². The Kier molecular flexibility index (Phi) is 6.38. The Morgan fingerprint density at radius 1 is 1.38 bits per heavy atom. The van der Waals surface area contributed by atoms with Crippen molar-refractivity contribution in [1.82, 2.24) is 15.2 Å². The molecule has 0 unspecified atom stereocenters. The minimum absolute atomic E-state index is 0.0408. The van der Waals surface area contributed by atoms with Gasteiger partial charge in [-0.15, -0.1) is 11.3 Å². The van der Waals surface area contributed by atoms with Gasteiger partial charge in [-0.05, 0) is 43.0 Å². The number of rotatable bonds is 6. The van der Waals surface area contributed by atoms with Crippen molar-refractivity contribution in [3.63, 3.8) is 0 Å². The van der Waals surface area contributed by atoms with Gasteiger partial charge in [0.05, 0.1) is 6.04 Å². The number of likely N-dealkylation sites (tertiary alicyclic amines) is 1. The third-order valence-electron chi connectivity index (χ3n) is 4.87. The van der Waals surface area contributed by atoms with Crippen LogP contribution in [0.15, 0.2) is 35.8 Å². The van der Waals surface area contributed by atoms with Crippen LogP contribution in [0.1, 0.15) is 43.3 Å². The van der Waals surface area contributed by atoms with E-state index < -0.39 is 0 Å². The first-order valence-corrected chi connectivity index (χ1v) is 10.1. The van der Waals surface area contributed by atoms with Crippen LogP contribution in [-0.2, 0) is 11.3 Å². The third-order valence-corrected chi connectivity index (χ3v) is 5.73. The van der Waals surface area contributed by atoms with Gasteiger partial charge >= 0.3 is 0 Å². The highest BCUT2D eigenvalue weighted by atomic mass is 32.1. The molecule has 0 radical (unpaired) electrons. The topological polar surface area (TPSA) is 45.2 Å². The fraction of sp³-hybridized carbons (Fsp3) is 0.500. The highest BCUT2D eigenvalue weighted by Gasteiger charge is 2.31. The highest BCUT2D eigenvalue weighted by Crippen LogP contribution is 2.31. The maximum absolute atomic E-state index is 13.1. The number of halogens is 1. The van der Waals surface area contributed by atoms with Crippen molar-refractivity contribution in [2.75, 3.05) is 13.1 Å². The van der Waals surface area contributed by atoms with Crippen LogP contribution in [0, 0.1) is 17.7 Å². The molecule has 0 spiro atoms. The van der Waals surface area contributed by atoms with E-state index >= 15 is 0 Å². The SMILES string of the molecule is CC(C)C(=O)N[C@H](c1nccs1)[C@@H]1CCCN(Cc2ccc(F)cc2)C1. The monoisotopic (exact) mass is 375 g/mol. The second kappa shape index (κ2) is 8.73. The van der Waals surface area contributed by atoms with Crippen molar-refractivity contribution in [2.24, 2.45) is 11.8 Å². The Morgan fingerprint density at radius 3 is 2.81 bits per heavy atom. The van der Waals surface area contributed by atoms with Crippen LogP contribution in [0.2, 0.25) is 0 Å². The van der Waals surface area contributed by atoms with E-state index in [0.717, 1.165) is 43.0 Å². The molecule has 0 saturated carbocycles. The van der Waals surface area contributed by atoms with Crippen molar-refractivity contribution in [1.29, 1.82) is 0 Å². The van der Waals surface area contributed by atoms with Crippen LogP contribution in [-0.4, -0.2) is 28.9 Å². The number of hydrogen-bond donors (Lipinski definition) is 1. The van der Waals surface area contributed by atoms with Gasteiger partial charge in [0, 0.05) is 30.6 Å². The molecule has 1 aliphatic heterocycles. The summed E-state index contributed by atoms with van der Waals surface area (Å²) in [6, 6.07) is 6.67. The molecule has 4 nitrogen and oxygen atoms in total. The zero-order chi connectivity index (χ0) is 18.5. The molecule has 0 bridgehead atoms. The fourth-order valence-corrected chi connectivity index (χ4v) is 4.23. The van der Waals surface area contributed by atoms with Crippen molar-refractivity contribution >= 4 is 17.2 Å². The van der Waals surface area contributed by atoms with E-state index in [2.05, 4.69) is 15.2 Å². The Morgan fingerprint density at radius 2 is 2.15 bits per heavy atom. The van der Waals surface area contributed by atoms with E-state index in [1.807, 2.05) is 31.4 Å². The van der Waals surface area contributed by atoms with Gasteiger partial charge in [-0.1, -0.05) is 26.0 Å². The van der Waals surface area contributed by atoms with Gasteiger partial charge < -0.3 is 5.32 Å². The van der Waals surface area contributed by atoms with Gasteiger partial charge in [0.1, 0.15) is 10.8 Å². The van der Waals surface area contributed by atoms with Crippen molar-refractivity contribution in [3.8, 4) is 0 Å². The maximum atomic E-state index is 13.1. The number of amides is 1. The molecule has 6 heteroatoms. The number of hydrogen-bond acceptors (Lipinski definition) is 4. The lowest BCUT2D eigenvalue weighted by molar-refractivity contribution is -0.125. The summed E-state index contributed by atoms with van der Waals surface area (Å²) in [5, 5.41) is 6.15. The summed E-state index contributed by atoms with van der Waals surface area (Å²) in [4.78, 5) is 19.2. The summed E-state index contributed by atoms with van der Waals surface area (Å²) in [7, 11) is 0. The standard InChI is InChI=1S/C20H26FN3OS/c1-14(2)19(25)23-18(20-22-9-11-26-20)16-4-3-10-24(13-16)12-15-5-7-17(21)8-6-15/h5-9,11,14,16,18H,3-4,10,12-13H2,1-2H3,(H,23,25)/t16-,18+/m1/s1. The molecule has 1 aromatic carbocycles. The summed E-state index contributed by atoms with van der Waals surface area (Å²) < 4.78 is 13.1. The lowest BCUT2D eigenvalue weighted by Gasteiger charge is -2.37. The summed E-state index contributed by atoms with van der Waals surface area (Å²) >= 11 is 1.60. The van der Waals surface area contributed by atoms with Crippen LogP contribution in [0.5, 0.6) is 0 Å². The number of aromatic nitrogens is 1. The highest BCUT2D eigenvalue weighted by molar-refractivity contribution is 7.09. The van der Waals surface area contributed by atoms with E-state index in [-0.39, 0.29) is 23.7 Å². The Hall–Kier alpha value is -1.79. The molecule has 1 aromatic heterocycles. The lowest BCUT2D eigenvalue weighted by atomic mass is 9.90. The average Bonchev–Trinajstić information content (AvgIpc) is 3.16. The Bertz CT molecular complexity index is 702. The van der Waals surface area contributed by atoms with E-state index in [9.17, 15) is 9.18 Å². The average molecular weight is 376 g/mol. The number of thiazole rings is 1. The van der Waals surface area contributed by atoms with Crippen LogP contribution < -0.4 is 5.32 Å². The molecular formula is C20H26FN3OS. The van der Waals surface area contributed by atoms with Gasteiger partial charge in [0.15, 0.2) is 0 Å². The Labute approximate surface area is 158 Å². The van der Waals surface area contributed by atoms with E-state index in [1.54, 1.807) is 17.5 Å². The smallest absolute Gasteiger partial charge is 0.223 e. The van der Waals surface area contributed by atoms with E-state index in [0.29, 0.717) is 5.92 Å². The first kappa shape index (κ1) is 19.0. The second-order valence-electron chi connectivity index (χ2n) is 7.28. The molecule has 3 rings (SSSR count). The number of piperidine rings is 1. The van der Waals surface area contributed by atoms with E-state index in [4.69, 9.17) is 0 Å². The number of benzene rings is 1. The predicted octanol–water partition coefficient (Wildman–Crippen LogP) is 4.01. The number of carbonyl (C=O) groups excluding carboxylic acids is 1. The molecule has 1 aliphatic rings. The quantitative estimate of drug-likeness (QED) is 0.830. The molecule has 2 aromatic rings. The van der Waals surface area contributed by atoms with Crippen LogP contribution in [0.3, 0.4) is 0 Å². The zero-order valence-electron chi connectivity index (χ0n) is 15.3. The van der Waals surface area contributed by atoms with Gasteiger partial charge in [-0.25, -0.2) is 9.37 Å². The minimum Gasteiger partial charge on any atom is -0.346 e. The van der Waals surface area contributed by atoms with Crippen molar-refractivity contribution in [3.05, 3.63) is 52.2 Å². The molecule has 26 heavy (non-hydrogen) atoms. The van der Waals surface area contributed by atoms with Crippen LogP contribution in [0.25, 0.3) is 0 Å². The predicted molar refractivity (Wildman–Crippen MR) is 102 cm³/mol. The van der Waals surface area contributed by atoms with Gasteiger partial charge in [0.25, 0.3) is 0 Å². The van der Waals surface area contributed by atoms with Crippen molar-refractivity contribution < 1.29 is 9.18 Å². The maximum Gasteiger partial charge on any atom is 0.223 e. The summed E-state index contributed by atoms with van der Waals surface area (Å²) in [5.74, 6) is 0.153. The number of nitrogens with one attached hydrogen (secondary N) is 1. The minimum atomic E-state index is -0.203. The van der Waals surface area contributed by atoms with Gasteiger partial charge in [0.2, 0.25) is 5.91 Å². The molecule has 1 N–H and O–H groups in total. The molecule has 140 valence electrons. The summed E-state index contributed by atoms with van der Waals surface area (Å²) in [5.41, 5.74) is 1.11. The summed E-state index contributed by atoms with van der Waals surface area (Å²) in [6.07, 6.45) is 3.96. The first-order valence-electron chi connectivity index (χ1n) is 9.19. The fourth-order valence-electron chi connectivity index (χ4n) is 3.44. The molecular weight excluding hydrogens is 349 g/mol. The molecule has 1 amide bonds. The van der Waals surface area contributed by atoms with Crippen molar-refractivity contribution in [2.45, 2.75) is 39.3 Å². The largest absolute Gasteiger partial charge is 0.346 e. The molecule has 2 atom stereocenters. The second-order valence-corrected chi connectivity index (χ2v) is 8.20. The lowest BCUT2D eigenvalue weighted by Crippen LogP contribution is -2.43. The molecule has 1 saturated heterocycles. The number of nitrogens with zero attached hydrogens (tertiary/aromatic N) is 2. The van der Waals surface area contributed by atoms with E-state index in [1.165, 1.54) is 12.1 Å². The molecule has 1 fully saturated rings. The third kappa shape index (κ3) is 4.89. The van der Waals surface area contributed by atoms with Gasteiger partial charge in [-0.3, -0.25) is 9.69 Å². The van der Waals surface area contributed by atoms with Crippen LogP contribution >= 0.6 is 11.3 Å². The summed E-state index contributed by atoms with van der Waals surface area (Å²) in [6.45, 7) is 6.56. The normalized spacial score (nSPS) is 19.5. The number of carbonyl (C=O) groups is 1. The Balaban J connectivity index is 1.70. The zero-order valence-corrected chi connectivity index (χ0v) is 16.1. The molecule has 2 heterocycles. The first-order chi connectivity index (χ1) is 12.5.